The average molecular weight is 355 g/mol. The molecule has 6 heteroatoms. The van der Waals surface area contributed by atoms with Crippen molar-refractivity contribution in [3.63, 3.8) is 0 Å². The number of aromatic nitrogens is 2. The van der Waals surface area contributed by atoms with Crippen molar-refractivity contribution >= 4 is 5.91 Å². The van der Waals surface area contributed by atoms with Crippen molar-refractivity contribution < 1.29 is 14.3 Å². The quantitative estimate of drug-likeness (QED) is 0.827. The maximum Gasteiger partial charge on any atom is 0.228 e. The van der Waals surface area contributed by atoms with Crippen LogP contribution in [0.1, 0.15) is 24.8 Å². The van der Waals surface area contributed by atoms with E-state index in [1.807, 2.05) is 41.1 Å². The lowest BCUT2D eigenvalue weighted by Gasteiger charge is -2.33. The number of imidazole rings is 1. The topological polar surface area (TPSA) is 65.4 Å². The van der Waals surface area contributed by atoms with E-state index < -0.39 is 0 Å². The number of carbonyl (C=O) groups excluding carboxylic acids is 1. The van der Waals surface area contributed by atoms with E-state index >= 15 is 0 Å². The highest BCUT2D eigenvalue weighted by molar-refractivity contribution is 5.85. The first-order valence-corrected chi connectivity index (χ1v) is 9.25. The van der Waals surface area contributed by atoms with Crippen molar-refractivity contribution in [2.45, 2.75) is 44.6 Å². The summed E-state index contributed by atoms with van der Waals surface area (Å²) in [6.07, 6.45) is 7.95. The predicted octanol–water partition coefficient (Wildman–Crippen LogP) is 2.15. The Morgan fingerprint density at radius 2 is 2.19 bits per heavy atom. The summed E-state index contributed by atoms with van der Waals surface area (Å²) in [5, 5.41) is 3.24. The lowest BCUT2D eigenvalue weighted by atomic mass is 10.0. The molecule has 138 valence electrons. The van der Waals surface area contributed by atoms with Gasteiger partial charge >= 0.3 is 0 Å². The van der Waals surface area contributed by atoms with Crippen molar-refractivity contribution in [3.8, 4) is 0 Å². The molecule has 2 heterocycles. The summed E-state index contributed by atoms with van der Waals surface area (Å²) in [6.45, 7) is 2.40. The van der Waals surface area contributed by atoms with Crippen molar-refractivity contribution in [2.24, 2.45) is 5.41 Å². The van der Waals surface area contributed by atoms with Crippen LogP contribution in [0.3, 0.4) is 0 Å². The molecule has 4 rings (SSSR count). The second-order valence-electron chi connectivity index (χ2n) is 7.29. The first kappa shape index (κ1) is 17.2. The summed E-state index contributed by atoms with van der Waals surface area (Å²) in [4.78, 5) is 17.0. The Bertz CT molecular complexity index is 713. The molecular formula is C20H25N3O3. The molecule has 2 aromatic rings. The third-order valence-electron chi connectivity index (χ3n) is 5.31. The molecular weight excluding hydrogens is 330 g/mol. The second kappa shape index (κ2) is 7.60. The van der Waals surface area contributed by atoms with Gasteiger partial charge < -0.3 is 19.4 Å². The van der Waals surface area contributed by atoms with Crippen LogP contribution >= 0.6 is 0 Å². The van der Waals surface area contributed by atoms with Crippen LogP contribution in [0.2, 0.25) is 0 Å². The maximum absolute atomic E-state index is 12.9. The Morgan fingerprint density at radius 3 is 2.92 bits per heavy atom. The van der Waals surface area contributed by atoms with E-state index in [0.29, 0.717) is 26.4 Å². The van der Waals surface area contributed by atoms with E-state index in [1.54, 1.807) is 12.5 Å². The number of nitrogens with one attached hydrogen (secondary N) is 1. The molecule has 1 aromatic carbocycles. The Balaban J connectivity index is 1.35. The molecule has 1 aliphatic carbocycles. The molecule has 1 N–H and O–H groups in total. The molecule has 0 spiro atoms. The molecule has 0 unspecified atom stereocenters. The van der Waals surface area contributed by atoms with E-state index in [0.717, 1.165) is 24.8 Å². The van der Waals surface area contributed by atoms with E-state index in [2.05, 4.69) is 10.3 Å². The standard InChI is InChI=1S/C20H25N3O3/c24-19(20(7-8-20)14-23-10-9-21-15-23)22-17-6-11-25-13-18(17)26-12-16-4-2-1-3-5-16/h1-5,9-10,15,17-18H,6-8,11-14H2,(H,22,24)/t17-,18-/m1/s1. The Morgan fingerprint density at radius 1 is 1.35 bits per heavy atom. The molecule has 1 saturated heterocycles. The van der Waals surface area contributed by atoms with Gasteiger partial charge in [-0.15, -0.1) is 0 Å². The molecule has 1 aromatic heterocycles. The molecule has 6 nitrogen and oxygen atoms in total. The van der Waals surface area contributed by atoms with Gasteiger partial charge in [-0.3, -0.25) is 4.79 Å². The first-order chi connectivity index (χ1) is 12.8. The molecule has 26 heavy (non-hydrogen) atoms. The average Bonchev–Trinajstić information content (AvgIpc) is 3.28. The summed E-state index contributed by atoms with van der Waals surface area (Å²) in [5.74, 6) is 0.131. The van der Waals surface area contributed by atoms with Crippen molar-refractivity contribution in [1.29, 1.82) is 0 Å². The summed E-state index contributed by atoms with van der Waals surface area (Å²) >= 11 is 0. The fourth-order valence-corrected chi connectivity index (χ4v) is 3.48. The van der Waals surface area contributed by atoms with Gasteiger partial charge in [0, 0.05) is 25.5 Å². The van der Waals surface area contributed by atoms with Crippen LogP contribution in [0, 0.1) is 5.41 Å². The second-order valence-corrected chi connectivity index (χ2v) is 7.29. The van der Waals surface area contributed by atoms with Gasteiger partial charge in [0.1, 0.15) is 6.10 Å². The van der Waals surface area contributed by atoms with Crippen LogP contribution in [0.25, 0.3) is 0 Å². The lowest BCUT2D eigenvalue weighted by Crippen LogP contribution is -2.52. The molecule has 2 fully saturated rings. The number of ether oxygens (including phenoxy) is 2. The normalized spacial score (nSPS) is 24.2. The number of nitrogens with zero attached hydrogens (tertiary/aromatic N) is 2. The van der Waals surface area contributed by atoms with Gasteiger partial charge in [-0.2, -0.15) is 0 Å². The van der Waals surface area contributed by atoms with Gasteiger partial charge in [0.15, 0.2) is 0 Å². The van der Waals surface area contributed by atoms with Gasteiger partial charge in [0.25, 0.3) is 0 Å². The largest absolute Gasteiger partial charge is 0.379 e. The van der Waals surface area contributed by atoms with Crippen LogP contribution in [0.4, 0.5) is 0 Å². The summed E-state index contributed by atoms with van der Waals surface area (Å²) < 4.78 is 13.6. The number of amides is 1. The van der Waals surface area contributed by atoms with Crippen LogP contribution in [0.5, 0.6) is 0 Å². The lowest BCUT2D eigenvalue weighted by molar-refractivity contribution is -0.132. The third-order valence-corrected chi connectivity index (χ3v) is 5.31. The van der Waals surface area contributed by atoms with Gasteiger partial charge in [-0.05, 0) is 24.8 Å². The first-order valence-electron chi connectivity index (χ1n) is 9.25. The number of rotatable bonds is 7. The van der Waals surface area contributed by atoms with E-state index in [1.165, 1.54) is 0 Å². The van der Waals surface area contributed by atoms with Gasteiger partial charge in [-0.25, -0.2) is 4.98 Å². The monoisotopic (exact) mass is 355 g/mol. The predicted molar refractivity (Wildman–Crippen MR) is 96.3 cm³/mol. The smallest absolute Gasteiger partial charge is 0.228 e. The molecule has 2 aliphatic rings. The zero-order chi connectivity index (χ0) is 17.8. The zero-order valence-corrected chi connectivity index (χ0v) is 14.8. The number of hydrogen-bond acceptors (Lipinski definition) is 4. The minimum Gasteiger partial charge on any atom is -0.379 e. The Kier molecular flexibility index (Phi) is 5.04. The number of carbonyl (C=O) groups is 1. The Labute approximate surface area is 153 Å². The molecule has 1 saturated carbocycles. The third kappa shape index (κ3) is 3.97. The summed E-state index contributed by atoms with van der Waals surface area (Å²) in [7, 11) is 0. The van der Waals surface area contributed by atoms with Crippen LogP contribution in [0.15, 0.2) is 49.1 Å². The SMILES string of the molecule is O=C(N[C@@H]1CCOC[C@H]1OCc1ccccc1)C1(Cn2ccnc2)CC1. The maximum atomic E-state index is 12.9. The summed E-state index contributed by atoms with van der Waals surface area (Å²) in [6, 6.07) is 10.1. The van der Waals surface area contributed by atoms with E-state index in [-0.39, 0.29) is 23.5 Å². The fourth-order valence-electron chi connectivity index (χ4n) is 3.48. The number of benzene rings is 1. The van der Waals surface area contributed by atoms with Crippen molar-refractivity contribution in [1.82, 2.24) is 14.9 Å². The molecule has 1 amide bonds. The highest BCUT2D eigenvalue weighted by atomic mass is 16.5. The van der Waals surface area contributed by atoms with Gasteiger partial charge in [-0.1, -0.05) is 30.3 Å². The zero-order valence-electron chi connectivity index (χ0n) is 14.8. The van der Waals surface area contributed by atoms with E-state index in [4.69, 9.17) is 9.47 Å². The van der Waals surface area contributed by atoms with Gasteiger partial charge in [0.2, 0.25) is 5.91 Å². The van der Waals surface area contributed by atoms with Crippen LogP contribution in [-0.2, 0) is 27.4 Å². The van der Waals surface area contributed by atoms with Crippen LogP contribution < -0.4 is 5.32 Å². The molecule has 1 aliphatic heterocycles. The molecule has 0 radical (unpaired) electrons. The minimum absolute atomic E-state index is 0.000208. The molecule has 2 atom stereocenters. The molecule has 0 bridgehead atoms. The van der Waals surface area contributed by atoms with Crippen molar-refractivity contribution in [3.05, 3.63) is 54.6 Å². The summed E-state index contributed by atoms with van der Waals surface area (Å²) in [5.41, 5.74) is 0.838. The fraction of sp³-hybridized carbons (Fsp3) is 0.500. The Hall–Kier alpha value is -2.18. The highest BCUT2D eigenvalue weighted by Gasteiger charge is 2.50. The highest BCUT2D eigenvalue weighted by Crippen LogP contribution is 2.47. The van der Waals surface area contributed by atoms with Crippen molar-refractivity contribution in [2.75, 3.05) is 13.2 Å². The van der Waals surface area contributed by atoms with Crippen LogP contribution in [-0.4, -0.2) is 40.8 Å². The van der Waals surface area contributed by atoms with E-state index in [9.17, 15) is 4.79 Å². The minimum atomic E-state index is -0.289. The number of hydrogen-bond donors (Lipinski definition) is 1. The van der Waals surface area contributed by atoms with Gasteiger partial charge in [0.05, 0.1) is 31.0 Å².